The fraction of sp³-hybridized carbons (Fsp3) is 0.118. The average Bonchev–Trinajstić information content (AvgIpc) is 2.95. The number of rotatable bonds is 3. The molecule has 1 heterocycles. The lowest BCUT2D eigenvalue weighted by molar-refractivity contribution is -0.138. The van der Waals surface area contributed by atoms with Crippen molar-refractivity contribution in [2.45, 2.75) is 18.0 Å². The van der Waals surface area contributed by atoms with Crippen LogP contribution in [-0.4, -0.2) is 13.0 Å². The zero-order chi connectivity index (χ0) is 21.7. The summed E-state index contributed by atoms with van der Waals surface area (Å²) in [5.41, 5.74) is -2.15. The normalized spacial score (nSPS) is 12.4. The van der Waals surface area contributed by atoms with E-state index in [1.807, 2.05) is 0 Å². The summed E-state index contributed by atoms with van der Waals surface area (Å²) in [6.45, 7) is 1.16. The highest BCUT2D eigenvalue weighted by Crippen LogP contribution is 2.34. The topological polar surface area (TPSA) is 95.3 Å². The molecule has 1 aromatic heterocycles. The first-order chi connectivity index (χ1) is 13.3. The highest BCUT2D eigenvalue weighted by Gasteiger charge is 2.32. The van der Waals surface area contributed by atoms with Crippen molar-refractivity contribution in [1.82, 2.24) is 4.57 Å². The van der Waals surface area contributed by atoms with Gasteiger partial charge in [-0.15, -0.1) is 0 Å². The van der Waals surface area contributed by atoms with Crippen LogP contribution in [-0.2, 0) is 16.2 Å². The lowest BCUT2D eigenvalue weighted by Gasteiger charge is -2.13. The number of nitrogens with zero attached hydrogens (tertiary/aromatic N) is 1. The lowest BCUT2D eigenvalue weighted by Crippen LogP contribution is -2.16. The molecule has 0 fully saturated rings. The van der Waals surface area contributed by atoms with Crippen molar-refractivity contribution in [3.63, 3.8) is 0 Å². The van der Waals surface area contributed by atoms with E-state index < -0.39 is 49.6 Å². The fourth-order valence-electron chi connectivity index (χ4n) is 2.79. The summed E-state index contributed by atoms with van der Waals surface area (Å²) in [6, 6.07) is 3.54. The molecule has 0 atom stereocenters. The van der Waals surface area contributed by atoms with Gasteiger partial charge in [-0.05, 0) is 42.8 Å². The maximum absolute atomic E-state index is 14.5. The molecule has 0 aliphatic rings. The molecule has 0 saturated carbocycles. The first kappa shape index (κ1) is 20.7. The Kier molecular flexibility index (Phi) is 4.87. The zero-order valence-electron chi connectivity index (χ0n) is 14.4. The molecule has 0 aliphatic heterocycles. The summed E-state index contributed by atoms with van der Waals surface area (Å²) in [7, 11) is -4.55. The Morgan fingerprint density at radius 3 is 2.28 bits per heavy atom. The molecule has 0 bridgehead atoms. The van der Waals surface area contributed by atoms with Crippen molar-refractivity contribution in [3.05, 3.63) is 69.9 Å². The SMILES string of the molecule is Cc1cc(-n2c(-c3cc(F)c(S(N)(=O)=O)cc3F)coc2=O)ccc1C(F)(F)F. The summed E-state index contributed by atoms with van der Waals surface area (Å²) in [5.74, 6) is -3.70. The summed E-state index contributed by atoms with van der Waals surface area (Å²) in [6.07, 6.45) is -3.85. The van der Waals surface area contributed by atoms with Gasteiger partial charge in [0.15, 0.2) is 0 Å². The van der Waals surface area contributed by atoms with Gasteiger partial charge in [-0.3, -0.25) is 0 Å². The highest BCUT2D eigenvalue weighted by atomic mass is 32.2. The van der Waals surface area contributed by atoms with Crippen molar-refractivity contribution in [2.24, 2.45) is 5.14 Å². The lowest BCUT2D eigenvalue weighted by atomic mass is 10.1. The van der Waals surface area contributed by atoms with Crippen molar-refractivity contribution in [3.8, 4) is 16.9 Å². The number of oxazole rings is 1. The Bertz CT molecular complexity index is 1280. The standard InChI is InChI=1S/C17H11F5N2O4S/c1-8-4-9(2-3-11(8)17(20,21)22)24-14(7-28-16(24)25)10-5-13(19)15(6-12(10)18)29(23,26)27/h2-7H,1H3,(H2,23,26,27). The maximum Gasteiger partial charge on any atom is 0.424 e. The number of alkyl halides is 3. The van der Waals surface area contributed by atoms with Gasteiger partial charge in [0, 0.05) is 5.56 Å². The van der Waals surface area contributed by atoms with Gasteiger partial charge in [0.1, 0.15) is 22.8 Å². The van der Waals surface area contributed by atoms with E-state index >= 15 is 0 Å². The van der Waals surface area contributed by atoms with Crippen LogP contribution in [0.25, 0.3) is 16.9 Å². The number of primary sulfonamides is 1. The van der Waals surface area contributed by atoms with E-state index in [0.717, 1.165) is 36.0 Å². The predicted molar refractivity (Wildman–Crippen MR) is 90.8 cm³/mol. The Morgan fingerprint density at radius 2 is 1.72 bits per heavy atom. The van der Waals surface area contributed by atoms with Crippen molar-refractivity contribution in [2.75, 3.05) is 0 Å². The number of nitrogens with two attached hydrogens (primary N) is 1. The second-order valence-corrected chi connectivity index (χ2v) is 7.56. The van der Waals surface area contributed by atoms with Gasteiger partial charge in [0.2, 0.25) is 10.0 Å². The first-order valence-electron chi connectivity index (χ1n) is 7.71. The van der Waals surface area contributed by atoms with Crippen molar-refractivity contribution < 1.29 is 34.8 Å². The summed E-state index contributed by atoms with van der Waals surface area (Å²) in [4.78, 5) is 11.0. The third kappa shape index (κ3) is 3.80. The quantitative estimate of drug-likeness (QED) is 0.640. The van der Waals surface area contributed by atoms with E-state index in [9.17, 15) is 35.2 Å². The molecule has 0 radical (unpaired) electrons. The highest BCUT2D eigenvalue weighted by molar-refractivity contribution is 7.89. The summed E-state index contributed by atoms with van der Waals surface area (Å²) >= 11 is 0. The Balaban J connectivity index is 2.22. The maximum atomic E-state index is 14.5. The van der Waals surface area contributed by atoms with Gasteiger partial charge in [0.25, 0.3) is 0 Å². The van der Waals surface area contributed by atoms with Crippen LogP contribution >= 0.6 is 0 Å². The minimum atomic E-state index is -4.62. The molecule has 12 heteroatoms. The second kappa shape index (κ2) is 6.81. The van der Waals surface area contributed by atoms with Crippen LogP contribution in [0.1, 0.15) is 11.1 Å². The number of hydrogen-bond acceptors (Lipinski definition) is 4. The van der Waals surface area contributed by atoms with Crippen LogP contribution in [0.4, 0.5) is 22.0 Å². The molecule has 6 nitrogen and oxygen atoms in total. The number of aromatic nitrogens is 1. The number of benzene rings is 2. The van der Waals surface area contributed by atoms with Crippen molar-refractivity contribution >= 4 is 10.0 Å². The minimum absolute atomic E-state index is 0.0976. The van der Waals surface area contributed by atoms with Crippen LogP contribution in [0.3, 0.4) is 0 Å². The molecule has 0 unspecified atom stereocenters. The van der Waals surface area contributed by atoms with Gasteiger partial charge in [-0.25, -0.2) is 31.7 Å². The Morgan fingerprint density at radius 1 is 1.07 bits per heavy atom. The van der Waals surface area contributed by atoms with Crippen LogP contribution in [0.2, 0.25) is 0 Å². The predicted octanol–water partition coefficient (Wildman–Crippen LogP) is 3.35. The zero-order valence-corrected chi connectivity index (χ0v) is 15.2. The average molecular weight is 434 g/mol. The molecule has 0 aliphatic carbocycles. The van der Waals surface area contributed by atoms with Crippen LogP contribution < -0.4 is 10.9 Å². The van der Waals surface area contributed by atoms with Gasteiger partial charge < -0.3 is 4.42 Å². The van der Waals surface area contributed by atoms with Gasteiger partial charge >= 0.3 is 11.9 Å². The van der Waals surface area contributed by atoms with Crippen LogP contribution in [0, 0.1) is 18.6 Å². The molecule has 3 aromatic rings. The van der Waals surface area contributed by atoms with E-state index in [4.69, 9.17) is 5.14 Å². The van der Waals surface area contributed by atoms with Gasteiger partial charge in [-0.2, -0.15) is 13.2 Å². The van der Waals surface area contributed by atoms with Crippen LogP contribution in [0.15, 0.2) is 50.7 Å². The van der Waals surface area contributed by atoms with Crippen molar-refractivity contribution in [1.29, 1.82) is 0 Å². The molecule has 2 aromatic carbocycles. The molecule has 154 valence electrons. The smallest absolute Gasteiger partial charge is 0.415 e. The number of hydrogen-bond donors (Lipinski definition) is 1. The van der Waals surface area contributed by atoms with E-state index in [1.165, 1.54) is 0 Å². The van der Waals surface area contributed by atoms with E-state index in [2.05, 4.69) is 4.42 Å². The number of aryl methyl sites for hydroxylation is 1. The number of halogens is 5. The van der Waals surface area contributed by atoms with E-state index in [0.29, 0.717) is 12.1 Å². The van der Waals surface area contributed by atoms with Gasteiger partial charge in [-0.1, -0.05) is 0 Å². The molecule has 0 spiro atoms. The molecule has 0 amide bonds. The summed E-state index contributed by atoms with van der Waals surface area (Å²) in [5, 5.41) is 4.81. The summed E-state index contributed by atoms with van der Waals surface area (Å²) < 4.78 is 95.4. The largest absolute Gasteiger partial charge is 0.424 e. The Labute approximate surface area is 160 Å². The second-order valence-electron chi connectivity index (χ2n) is 6.03. The molecular formula is C17H11F5N2O4S. The third-order valence-electron chi connectivity index (χ3n) is 4.07. The fourth-order valence-corrected chi connectivity index (χ4v) is 3.38. The molecule has 29 heavy (non-hydrogen) atoms. The minimum Gasteiger partial charge on any atom is -0.415 e. The molecule has 0 saturated heterocycles. The van der Waals surface area contributed by atoms with E-state index in [1.54, 1.807) is 0 Å². The van der Waals surface area contributed by atoms with Gasteiger partial charge in [0.05, 0.1) is 16.9 Å². The van der Waals surface area contributed by atoms with Crippen LogP contribution in [0.5, 0.6) is 0 Å². The molecule has 3 rings (SSSR count). The Hall–Kier alpha value is -2.99. The monoisotopic (exact) mass is 434 g/mol. The van der Waals surface area contributed by atoms with E-state index in [-0.39, 0.29) is 16.9 Å². The molecular weight excluding hydrogens is 423 g/mol. The number of sulfonamides is 1. The third-order valence-corrected chi connectivity index (χ3v) is 5.00. The first-order valence-corrected chi connectivity index (χ1v) is 9.26. The molecule has 2 N–H and O–H groups in total.